The van der Waals surface area contributed by atoms with E-state index in [1.54, 1.807) is 6.07 Å². The lowest BCUT2D eigenvalue weighted by atomic mass is 10.3. The molecule has 1 aromatic rings. The molecule has 5 nitrogen and oxygen atoms in total. The van der Waals surface area contributed by atoms with Crippen molar-refractivity contribution in [1.82, 2.24) is 4.72 Å². The second-order valence-electron chi connectivity index (χ2n) is 2.89. The Morgan fingerprint density at radius 2 is 1.81 bits per heavy atom. The molecule has 0 fully saturated rings. The minimum Gasteiger partial charge on any atom is -0.329 e. The van der Waals surface area contributed by atoms with Crippen LogP contribution in [0.1, 0.15) is 0 Å². The van der Waals surface area contributed by atoms with E-state index in [9.17, 15) is 8.42 Å². The number of hydrogen-bond donors (Lipinski definition) is 3. The Morgan fingerprint density at radius 1 is 1.25 bits per heavy atom. The molecule has 0 aliphatic carbocycles. The van der Waals surface area contributed by atoms with Crippen molar-refractivity contribution >= 4 is 39.1 Å². The van der Waals surface area contributed by atoms with Crippen LogP contribution < -0.4 is 15.2 Å². The zero-order valence-corrected chi connectivity index (χ0v) is 10.5. The first-order chi connectivity index (χ1) is 7.46. The van der Waals surface area contributed by atoms with Gasteiger partial charge in [0.05, 0.1) is 15.7 Å². The molecule has 0 spiro atoms. The van der Waals surface area contributed by atoms with Crippen molar-refractivity contribution in [3.8, 4) is 0 Å². The van der Waals surface area contributed by atoms with Gasteiger partial charge in [-0.1, -0.05) is 29.3 Å². The lowest BCUT2D eigenvalue weighted by Crippen LogP contribution is -2.34. The Balaban J connectivity index is 2.88. The van der Waals surface area contributed by atoms with Crippen molar-refractivity contribution in [3.05, 3.63) is 28.2 Å². The van der Waals surface area contributed by atoms with Gasteiger partial charge in [0.25, 0.3) is 10.2 Å². The first-order valence-corrected chi connectivity index (χ1v) is 6.61. The van der Waals surface area contributed by atoms with Gasteiger partial charge in [-0.3, -0.25) is 4.72 Å². The third kappa shape index (κ3) is 3.80. The van der Waals surface area contributed by atoms with Gasteiger partial charge < -0.3 is 5.73 Å². The van der Waals surface area contributed by atoms with Gasteiger partial charge >= 0.3 is 0 Å². The lowest BCUT2D eigenvalue weighted by Gasteiger charge is -2.11. The van der Waals surface area contributed by atoms with Crippen molar-refractivity contribution in [2.75, 3.05) is 17.8 Å². The summed E-state index contributed by atoms with van der Waals surface area (Å²) in [5, 5.41) is 0.455. The van der Waals surface area contributed by atoms with Crippen LogP contribution in [-0.4, -0.2) is 21.5 Å². The number of nitrogens with two attached hydrogens (primary N) is 1. The van der Waals surface area contributed by atoms with Crippen LogP contribution in [0.25, 0.3) is 0 Å². The van der Waals surface area contributed by atoms with Gasteiger partial charge in [-0.15, -0.1) is 0 Å². The normalized spacial score (nSPS) is 11.4. The van der Waals surface area contributed by atoms with Crippen molar-refractivity contribution in [2.24, 2.45) is 5.73 Å². The van der Waals surface area contributed by atoms with E-state index in [2.05, 4.69) is 9.44 Å². The molecule has 0 radical (unpaired) electrons. The highest BCUT2D eigenvalue weighted by molar-refractivity contribution is 7.90. The van der Waals surface area contributed by atoms with Crippen LogP contribution in [0.15, 0.2) is 18.2 Å². The van der Waals surface area contributed by atoms with E-state index in [0.717, 1.165) is 0 Å². The van der Waals surface area contributed by atoms with E-state index in [0.29, 0.717) is 0 Å². The molecule has 0 saturated heterocycles. The van der Waals surface area contributed by atoms with Gasteiger partial charge in [0.15, 0.2) is 0 Å². The summed E-state index contributed by atoms with van der Waals surface area (Å²) < 4.78 is 27.4. The second-order valence-corrected chi connectivity index (χ2v) is 5.20. The number of anilines is 1. The van der Waals surface area contributed by atoms with E-state index in [1.165, 1.54) is 12.1 Å². The van der Waals surface area contributed by atoms with Gasteiger partial charge in [-0.05, 0) is 12.1 Å². The molecule has 0 heterocycles. The summed E-state index contributed by atoms with van der Waals surface area (Å²) in [6, 6.07) is 4.69. The molecule has 16 heavy (non-hydrogen) atoms. The van der Waals surface area contributed by atoms with Crippen LogP contribution in [0.5, 0.6) is 0 Å². The molecule has 90 valence electrons. The lowest BCUT2D eigenvalue weighted by molar-refractivity contribution is 0.587. The standard InChI is InChI=1S/C8H11Cl2N3O2S/c9-6-2-1-3-7(10)8(6)13-16(14,15)12-5-4-11/h1-3,12-13H,4-5,11H2. The Morgan fingerprint density at radius 3 is 2.31 bits per heavy atom. The summed E-state index contributed by atoms with van der Waals surface area (Å²) >= 11 is 11.6. The second kappa shape index (κ2) is 5.70. The zero-order valence-electron chi connectivity index (χ0n) is 8.20. The molecule has 4 N–H and O–H groups in total. The predicted octanol–water partition coefficient (Wildman–Crippen LogP) is 1.20. The maximum atomic E-state index is 11.5. The quantitative estimate of drug-likeness (QED) is 0.759. The van der Waals surface area contributed by atoms with Crippen LogP contribution in [-0.2, 0) is 10.2 Å². The summed E-state index contributed by atoms with van der Waals surface area (Å²) in [4.78, 5) is 0. The molecule has 0 aliphatic heterocycles. The van der Waals surface area contributed by atoms with Crippen molar-refractivity contribution in [2.45, 2.75) is 0 Å². The highest BCUT2D eigenvalue weighted by Gasteiger charge is 2.13. The average molecular weight is 284 g/mol. The van der Waals surface area contributed by atoms with Gasteiger partial charge in [0.2, 0.25) is 0 Å². The van der Waals surface area contributed by atoms with E-state index in [1.807, 2.05) is 0 Å². The first kappa shape index (κ1) is 13.5. The van der Waals surface area contributed by atoms with Gasteiger partial charge in [-0.25, -0.2) is 0 Å². The topological polar surface area (TPSA) is 84.2 Å². The zero-order chi connectivity index (χ0) is 12.2. The molecule has 0 aromatic heterocycles. The SMILES string of the molecule is NCCNS(=O)(=O)Nc1c(Cl)cccc1Cl. The molecule has 8 heteroatoms. The molecular weight excluding hydrogens is 273 g/mol. The molecular formula is C8H11Cl2N3O2S. The highest BCUT2D eigenvalue weighted by atomic mass is 35.5. The predicted molar refractivity (Wildman–Crippen MR) is 66.1 cm³/mol. The van der Waals surface area contributed by atoms with Crippen LogP contribution in [0.3, 0.4) is 0 Å². The van der Waals surface area contributed by atoms with Crippen molar-refractivity contribution in [1.29, 1.82) is 0 Å². The fraction of sp³-hybridized carbons (Fsp3) is 0.250. The van der Waals surface area contributed by atoms with Crippen LogP contribution in [0, 0.1) is 0 Å². The van der Waals surface area contributed by atoms with E-state index >= 15 is 0 Å². The fourth-order valence-electron chi connectivity index (χ4n) is 0.959. The summed E-state index contributed by atoms with van der Waals surface area (Å²) in [7, 11) is -3.69. The van der Waals surface area contributed by atoms with E-state index in [4.69, 9.17) is 28.9 Å². The first-order valence-electron chi connectivity index (χ1n) is 4.38. The van der Waals surface area contributed by atoms with Crippen LogP contribution in [0.4, 0.5) is 5.69 Å². The largest absolute Gasteiger partial charge is 0.329 e. The van der Waals surface area contributed by atoms with E-state index in [-0.39, 0.29) is 28.8 Å². The summed E-state index contributed by atoms with van der Waals surface area (Å²) in [5.41, 5.74) is 5.33. The van der Waals surface area contributed by atoms with Gasteiger partial charge in [0, 0.05) is 13.1 Å². The molecule has 0 saturated carbocycles. The maximum absolute atomic E-state index is 11.5. The molecule has 0 bridgehead atoms. The average Bonchev–Trinajstić information content (AvgIpc) is 2.21. The Labute approximate surface area is 104 Å². The fourth-order valence-corrected chi connectivity index (χ4v) is 2.51. The van der Waals surface area contributed by atoms with Crippen molar-refractivity contribution < 1.29 is 8.42 Å². The Kier molecular flexibility index (Phi) is 4.82. The van der Waals surface area contributed by atoms with Gasteiger partial charge in [-0.2, -0.15) is 13.1 Å². The highest BCUT2D eigenvalue weighted by Crippen LogP contribution is 2.30. The summed E-state index contributed by atoms with van der Waals surface area (Å²) in [6.45, 7) is 0.342. The number of halogens is 2. The number of benzene rings is 1. The third-order valence-electron chi connectivity index (χ3n) is 1.64. The number of rotatable bonds is 5. The maximum Gasteiger partial charge on any atom is 0.299 e. The minimum absolute atomic E-state index is 0.136. The van der Waals surface area contributed by atoms with Gasteiger partial charge in [0.1, 0.15) is 0 Å². The summed E-state index contributed by atoms with van der Waals surface area (Å²) in [6.07, 6.45) is 0. The minimum atomic E-state index is -3.69. The van der Waals surface area contributed by atoms with Crippen LogP contribution in [0.2, 0.25) is 10.0 Å². The Bertz CT molecular complexity index is 444. The number of hydrogen-bond acceptors (Lipinski definition) is 3. The van der Waals surface area contributed by atoms with Crippen molar-refractivity contribution in [3.63, 3.8) is 0 Å². The molecule has 1 rings (SSSR count). The smallest absolute Gasteiger partial charge is 0.299 e. The number of nitrogens with one attached hydrogen (secondary N) is 2. The van der Waals surface area contributed by atoms with E-state index < -0.39 is 10.2 Å². The Hall–Kier alpha value is -0.530. The monoisotopic (exact) mass is 283 g/mol. The molecule has 0 atom stereocenters. The summed E-state index contributed by atoms with van der Waals surface area (Å²) in [5.74, 6) is 0. The molecule has 0 unspecified atom stereocenters. The molecule has 0 aliphatic rings. The van der Waals surface area contributed by atoms with Crippen LogP contribution >= 0.6 is 23.2 Å². The third-order valence-corrected chi connectivity index (χ3v) is 3.32. The molecule has 0 amide bonds. The molecule has 1 aromatic carbocycles. The number of para-hydroxylation sites is 1.